The molecule has 3 rings (SSSR count). The normalized spacial score (nSPS) is 17.2. The van der Waals surface area contributed by atoms with E-state index in [0.717, 1.165) is 31.6 Å². The molecular weight excluding hydrogens is 266 g/mol. The van der Waals surface area contributed by atoms with E-state index in [1.165, 1.54) is 17.5 Å². The standard InChI is InChI=1S/C15H19N5O/c21-15(16-7-3-6-14-18-10-19-20-14)13-8-11-4-1-2-5-12(11)9-17-13/h1-2,4-5,10,13,17H,3,6-9H2,(H,16,21)(H,18,19,20)/t13-/m0/s1. The molecule has 1 atom stereocenters. The second-order valence-corrected chi connectivity index (χ2v) is 5.23. The van der Waals surface area contributed by atoms with Gasteiger partial charge in [0.05, 0.1) is 6.04 Å². The van der Waals surface area contributed by atoms with E-state index in [1.54, 1.807) is 0 Å². The highest BCUT2D eigenvalue weighted by Gasteiger charge is 2.23. The molecule has 2 aromatic rings. The van der Waals surface area contributed by atoms with E-state index in [4.69, 9.17) is 0 Å². The molecule has 1 aromatic heterocycles. The van der Waals surface area contributed by atoms with E-state index in [-0.39, 0.29) is 11.9 Å². The molecule has 1 aliphatic heterocycles. The number of hydrogen-bond donors (Lipinski definition) is 3. The summed E-state index contributed by atoms with van der Waals surface area (Å²) in [4.78, 5) is 16.2. The lowest BCUT2D eigenvalue weighted by Gasteiger charge is -2.25. The number of carbonyl (C=O) groups excluding carboxylic acids is 1. The maximum atomic E-state index is 12.2. The minimum atomic E-state index is -0.134. The summed E-state index contributed by atoms with van der Waals surface area (Å²) in [6, 6.07) is 8.12. The van der Waals surface area contributed by atoms with Crippen LogP contribution in [0.5, 0.6) is 0 Å². The highest BCUT2D eigenvalue weighted by Crippen LogP contribution is 2.16. The van der Waals surface area contributed by atoms with Gasteiger partial charge in [0.1, 0.15) is 12.2 Å². The monoisotopic (exact) mass is 285 g/mol. The summed E-state index contributed by atoms with van der Waals surface area (Å²) in [6.45, 7) is 1.41. The first-order valence-corrected chi connectivity index (χ1v) is 7.25. The molecule has 110 valence electrons. The summed E-state index contributed by atoms with van der Waals surface area (Å²) in [6.07, 6.45) is 3.90. The number of amides is 1. The number of aromatic amines is 1. The number of benzene rings is 1. The highest BCUT2D eigenvalue weighted by atomic mass is 16.2. The predicted molar refractivity (Wildman–Crippen MR) is 78.5 cm³/mol. The number of aromatic nitrogens is 3. The Kier molecular flexibility index (Phi) is 4.25. The van der Waals surface area contributed by atoms with Crippen LogP contribution in [0.1, 0.15) is 23.4 Å². The summed E-state index contributed by atoms with van der Waals surface area (Å²) in [7, 11) is 0. The average Bonchev–Trinajstić information content (AvgIpc) is 3.04. The van der Waals surface area contributed by atoms with E-state index in [0.29, 0.717) is 6.54 Å². The molecular formula is C15H19N5O. The van der Waals surface area contributed by atoms with Crippen molar-refractivity contribution >= 4 is 5.91 Å². The van der Waals surface area contributed by atoms with E-state index in [1.807, 2.05) is 12.1 Å². The molecule has 3 N–H and O–H groups in total. The van der Waals surface area contributed by atoms with Crippen LogP contribution in [0.3, 0.4) is 0 Å². The van der Waals surface area contributed by atoms with Crippen LogP contribution >= 0.6 is 0 Å². The minimum absolute atomic E-state index is 0.0714. The Hall–Kier alpha value is -2.21. The molecule has 0 fully saturated rings. The van der Waals surface area contributed by atoms with Gasteiger partial charge in [-0.3, -0.25) is 9.89 Å². The molecule has 6 heteroatoms. The first-order valence-electron chi connectivity index (χ1n) is 7.25. The van der Waals surface area contributed by atoms with E-state index in [2.05, 4.69) is 37.9 Å². The Morgan fingerprint density at radius 2 is 2.19 bits per heavy atom. The molecule has 0 saturated heterocycles. The lowest BCUT2D eigenvalue weighted by molar-refractivity contribution is -0.123. The zero-order valence-electron chi connectivity index (χ0n) is 11.8. The van der Waals surface area contributed by atoms with Crippen molar-refractivity contribution in [2.24, 2.45) is 0 Å². The molecule has 0 bridgehead atoms. The fourth-order valence-electron chi connectivity index (χ4n) is 2.58. The molecule has 0 radical (unpaired) electrons. The topological polar surface area (TPSA) is 82.7 Å². The Labute approximate surface area is 123 Å². The smallest absolute Gasteiger partial charge is 0.237 e. The summed E-state index contributed by atoms with van der Waals surface area (Å²) in [5.74, 6) is 0.927. The van der Waals surface area contributed by atoms with Gasteiger partial charge in [0.15, 0.2) is 0 Å². The van der Waals surface area contributed by atoms with Crippen LogP contribution in [0.25, 0.3) is 0 Å². The second kappa shape index (κ2) is 6.49. The lowest BCUT2D eigenvalue weighted by atomic mass is 9.95. The van der Waals surface area contributed by atoms with Crippen molar-refractivity contribution in [3.05, 3.63) is 47.5 Å². The summed E-state index contributed by atoms with van der Waals surface area (Å²) < 4.78 is 0. The average molecular weight is 285 g/mol. The number of nitrogens with zero attached hydrogens (tertiary/aromatic N) is 2. The Balaban J connectivity index is 1.44. The van der Waals surface area contributed by atoms with Crippen molar-refractivity contribution < 1.29 is 4.79 Å². The number of H-pyrrole nitrogens is 1. The van der Waals surface area contributed by atoms with Crippen LogP contribution in [-0.4, -0.2) is 33.7 Å². The molecule has 0 aliphatic carbocycles. The first kappa shape index (κ1) is 13.8. The largest absolute Gasteiger partial charge is 0.355 e. The number of hydrogen-bond acceptors (Lipinski definition) is 4. The lowest BCUT2D eigenvalue weighted by Crippen LogP contribution is -2.47. The van der Waals surface area contributed by atoms with Gasteiger partial charge in [-0.15, -0.1) is 0 Å². The van der Waals surface area contributed by atoms with Gasteiger partial charge in [-0.25, -0.2) is 4.98 Å². The third-order valence-electron chi connectivity index (χ3n) is 3.75. The minimum Gasteiger partial charge on any atom is -0.355 e. The van der Waals surface area contributed by atoms with Crippen LogP contribution in [0.4, 0.5) is 0 Å². The van der Waals surface area contributed by atoms with Crippen LogP contribution in [0, 0.1) is 0 Å². The predicted octanol–water partition coefficient (Wildman–Crippen LogP) is 0.568. The zero-order valence-corrected chi connectivity index (χ0v) is 11.8. The molecule has 6 nitrogen and oxygen atoms in total. The van der Waals surface area contributed by atoms with E-state index < -0.39 is 0 Å². The van der Waals surface area contributed by atoms with Crippen molar-refractivity contribution in [2.75, 3.05) is 6.54 Å². The highest BCUT2D eigenvalue weighted by molar-refractivity contribution is 5.82. The van der Waals surface area contributed by atoms with Gasteiger partial charge in [0.25, 0.3) is 0 Å². The molecule has 1 aliphatic rings. The van der Waals surface area contributed by atoms with E-state index in [9.17, 15) is 4.79 Å². The van der Waals surface area contributed by atoms with Crippen molar-refractivity contribution in [1.29, 1.82) is 0 Å². The van der Waals surface area contributed by atoms with Gasteiger partial charge in [0, 0.05) is 19.5 Å². The Bertz CT molecular complexity index is 596. The molecule has 2 heterocycles. The third-order valence-corrected chi connectivity index (χ3v) is 3.75. The van der Waals surface area contributed by atoms with Crippen LogP contribution in [0.15, 0.2) is 30.6 Å². The first-order chi connectivity index (χ1) is 10.3. The van der Waals surface area contributed by atoms with Crippen molar-refractivity contribution in [3.63, 3.8) is 0 Å². The third kappa shape index (κ3) is 3.46. The fourth-order valence-corrected chi connectivity index (χ4v) is 2.58. The van der Waals surface area contributed by atoms with Gasteiger partial charge in [-0.1, -0.05) is 24.3 Å². The number of fused-ring (bicyclic) bond motifs is 1. The van der Waals surface area contributed by atoms with Crippen LogP contribution in [-0.2, 0) is 24.2 Å². The van der Waals surface area contributed by atoms with Gasteiger partial charge in [-0.05, 0) is 24.0 Å². The van der Waals surface area contributed by atoms with Crippen molar-refractivity contribution in [1.82, 2.24) is 25.8 Å². The maximum Gasteiger partial charge on any atom is 0.237 e. The number of nitrogens with one attached hydrogen (secondary N) is 3. The number of aryl methyl sites for hydroxylation is 1. The van der Waals surface area contributed by atoms with Crippen LogP contribution < -0.4 is 10.6 Å². The second-order valence-electron chi connectivity index (χ2n) is 5.23. The molecule has 1 aromatic carbocycles. The Morgan fingerprint density at radius 3 is 3.00 bits per heavy atom. The summed E-state index contributed by atoms with van der Waals surface area (Å²) in [5.41, 5.74) is 2.55. The number of carbonyl (C=O) groups is 1. The van der Waals surface area contributed by atoms with E-state index >= 15 is 0 Å². The van der Waals surface area contributed by atoms with Crippen LogP contribution in [0.2, 0.25) is 0 Å². The fraction of sp³-hybridized carbons (Fsp3) is 0.400. The number of rotatable bonds is 5. The molecule has 0 unspecified atom stereocenters. The Morgan fingerprint density at radius 1 is 1.33 bits per heavy atom. The van der Waals surface area contributed by atoms with Gasteiger partial charge < -0.3 is 10.6 Å². The summed E-state index contributed by atoms with van der Waals surface area (Å²) in [5, 5.41) is 12.9. The molecule has 0 saturated carbocycles. The van der Waals surface area contributed by atoms with Gasteiger partial charge >= 0.3 is 0 Å². The maximum absolute atomic E-state index is 12.2. The summed E-state index contributed by atoms with van der Waals surface area (Å²) >= 11 is 0. The molecule has 0 spiro atoms. The SMILES string of the molecule is O=C(NCCCc1ncn[nH]1)[C@@H]1Cc2ccccc2CN1. The van der Waals surface area contributed by atoms with Gasteiger partial charge in [-0.2, -0.15) is 5.10 Å². The van der Waals surface area contributed by atoms with Gasteiger partial charge in [0.2, 0.25) is 5.91 Å². The quantitative estimate of drug-likeness (QED) is 0.701. The van der Waals surface area contributed by atoms with Crippen molar-refractivity contribution in [3.8, 4) is 0 Å². The molecule has 21 heavy (non-hydrogen) atoms. The molecule has 1 amide bonds. The van der Waals surface area contributed by atoms with Crippen molar-refractivity contribution in [2.45, 2.75) is 31.8 Å². The zero-order chi connectivity index (χ0) is 14.5.